The van der Waals surface area contributed by atoms with Gasteiger partial charge < -0.3 is 9.15 Å². The lowest BCUT2D eigenvalue weighted by Gasteiger charge is -2.12. The van der Waals surface area contributed by atoms with Crippen molar-refractivity contribution >= 4 is 40.3 Å². The van der Waals surface area contributed by atoms with Crippen LogP contribution in [0.5, 0.6) is 5.75 Å². The molecule has 0 saturated carbocycles. The second-order valence-electron chi connectivity index (χ2n) is 5.59. The van der Waals surface area contributed by atoms with Gasteiger partial charge in [-0.25, -0.2) is 0 Å². The SMILES string of the molecule is CCCCOc1ccccc1/C=C1/SC(=S)N(Cc2ccco2)C1=O. The molecule has 1 saturated heterocycles. The van der Waals surface area contributed by atoms with Gasteiger partial charge in [0.15, 0.2) is 0 Å². The van der Waals surface area contributed by atoms with Crippen LogP contribution in [-0.2, 0) is 11.3 Å². The minimum absolute atomic E-state index is 0.102. The Morgan fingerprint density at radius 2 is 2.12 bits per heavy atom. The van der Waals surface area contributed by atoms with Gasteiger partial charge in [0.2, 0.25) is 0 Å². The number of furan rings is 1. The fourth-order valence-electron chi connectivity index (χ4n) is 2.39. The van der Waals surface area contributed by atoms with Gasteiger partial charge in [-0.1, -0.05) is 55.5 Å². The summed E-state index contributed by atoms with van der Waals surface area (Å²) in [4.78, 5) is 14.8. The molecule has 6 heteroatoms. The number of ether oxygens (including phenoxy) is 1. The zero-order valence-corrected chi connectivity index (χ0v) is 15.6. The van der Waals surface area contributed by atoms with Crippen LogP contribution in [0.15, 0.2) is 52.0 Å². The molecule has 0 atom stereocenters. The number of unbranched alkanes of at least 4 members (excludes halogenated alkanes) is 1. The van der Waals surface area contributed by atoms with Crippen LogP contribution < -0.4 is 4.74 Å². The number of carbonyl (C=O) groups excluding carboxylic acids is 1. The highest BCUT2D eigenvalue weighted by atomic mass is 32.2. The first-order valence-corrected chi connectivity index (χ1v) is 9.41. The standard InChI is InChI=1S/C19H19NO3S2/c1-2-3-10-23-16-9-5-4-7-14(16)12-17-18(21)20(19(24)25-17)13-15-8-6-11-22-15/h4-9,11-12H,2-3,10,13H2,1H3/b17-12+. The van der Waals surface area contributed by atoms with E-state index in [1.807, 2.05) is 36.4 Å². The van der Waals surface area contributed by atoms with Gasteiger partial charge in [-0.3, -0.25) is 9.69 Å². The minimum Gasteiger partial charge on any atom is -0.493 e. The molecule has 1 fully saturated rings. The van der Waals surface area contributed by atoms with Crippen molar-refractivity contribution < 1.29 is 13.9 Å². The fraction of sp³-hybridized carbons (Fsp3) is 0.263. The lowest BCUT2D eigenvalue weighted by molar-refractivity contribution is -0.122. The van der Waals surface area contributed by atoms with Gasteiger partial charge in [0.1, 0.15) is 15.8 Å². The maximum Gasteiger partial charge on any atom is 0.266 e. The van der Waals surface area contributed by atoms with E-state index in [1.165, 1.54) is 11.8 Å². The van der Waals surface area contributed by atoms with Gasteiger partial charge in [0.05, 0.1) is 24.3 Å². The van der Waals surface area contributed by atoms with Crippen molar-refractivity contribution in [2.75, 3.05) is 6.61 Å². The number of carbonyl (C=O) groups is 1. The van der Waals surface area contributed by atoms with Crippen molar-refractivity contribution in [3.05, 3.63) is 58.9 Å². The summed E-state index contributed by atoms with van der Waals surface area (Å²) in [5, 5.41) is 0. The number of thiocarbonyl (C=S) groups is 1. The molecular formula is C19H19NO3S2. The molecule has 0 N–H and O–H groups in total. The van der Waals surface area contributed by atoms with Crippen LogP contribution in [0, 0.1) is 0 Å². The Labute approximate surface area is 156 Å². The average molecular weight is 373 g/mol. The van der Waals surface area contributed by atoms with Gasteiger partial charge >= 0.3 is 0 Å². The van der Waals surface area contributed by atoms with E-state index in [0.29, 0.717) is 28.1 Å². The summed E-state index contributed by atoms with van der Waals surface area (Å²) in [5.74, 6) is 1.39. The summed E-state index contributed by atoms with van der Waals surface area (Å²) >= 11 is 6.66. The number of hydrogen-bond acceptors (Lipinski definition) is 5. The van der Waals surface area contributed by atoms with Crippen LogP contribution in [-0.4, -0.2) is 21.7 Å². The van der Waals surface area contributed by atoms with E-state index in [-0.39, 0.29) is 5.91 Å². The molecular weight excluding hydrogens is 354 g/mol. The van der Waals surface area contributed by atoms with Crippen molar-refractivity contribution in [2.45, 2.75) is 26.3 Å². The second kappa shape index (κ2) is 8.36. The van der Waals surface area contributed by atoms with E-state index in [0.717, 1.165) is 24.2 Å². The monoisotopic (exact) mass is 373 g/mol. The first-order chi connectivity index (χ1) is 12.2. The Morgan fingerprint density at radius 1 is 1.28 bits per heavy atom. The Morgan fingerprint density at radius 3 is 2.88 bits per heavy atom. The number of benzene rings is 1. The van der Waals surface area contributed by atoms with E-state index >= 15 is 0 Å². The zero-order chi connectivity index (χ0) is 17.6. The van der Waals surface area contributed by atoms with Crippen LogP contribution in [0.25, 0.3) is 6.08 Å². The first kappa shape index (κ1) is 17.8. The number of rotatable bonds is 7. The van der Waals surface area contributed by atoms with E-state index in [4.69, 9.17) is 21.4 Å². The van der Waals surface area contributed by atoms with E-state index < -0.39 is 0 Å². The van der Waals surface area contributed by atoms with E-state index in [1.54, 1.807) is 17.2 Å². The molecule has 0 radical (unpaired) electrons. The molecule has 1 aromatic heterocycles. The molecule has 1 amide bonds. The van der Waals surface area contributed by atoms with Crippen LogP contribution in [0.1, 0.15) is 31.1 Å². The largest absolute Gasteiger partial charge is 0.493 e. The summed E-state index contributed by atoms with van der Waals surface area (Å²) < 4.78 is 11.7. The predicted octanol–water partition coefficient (Wildman–Crippen LogP) is 4.86. The molecule has 0 aliphatic carbocycles. The average Bonchev–Trinajstić information content (AvgIpc) is 3.21. The number of thioether (sulfide) groups is 1. The highest BCUT2D eigenvalue weighted by Crippen LogP contribution is 2.35. The van der Waals surface area contributed by atoms with Gasteiger partial charge in [-0.05, 0) is 30.7 Å². The predicted molar refractivity (Wildman–Crippen MR) is 104 cm³/mol. The molecule has 2 aromatic rings. The Bertz CT molecular complexity index is 784. The maximum absolute atomic E-state index is 12.7. The Hall–Kier alpha value is -2.05. The highest BCUT2D eigenvalue weighted by Gasteiger charge is 2.32. The molecule has 1 aliphatic rings. The van der Waals surface area contributed by atoms with Gasteiger partial charge in [-0.2, -0.15) is 0 Å². The summed E-state index contributed by atoms with van der Waals surface area (Å²) in [7, 11) is 0. The molecule has 1 aliphatic heterocycles. The number of amides is 1. The quantitative estimate of drug-likeness (QED) is 0.394. The molecule has 130 valence electrons. The minimum atomic E-state index is -0.102. The van der Waals surface area contributed by atoms with Crippen molar-refractivity contribution in [3.8, 4) is 5.75 Å². The second-order valence-corrected chi connectivity index (χ2v) is 7.26. The van der Waals surface area contributed by atoms with Crippen molar-refractivity contribution in [2.24, 2.45) is 0 Å². The van der Waals surface area contributed by atoms with Crippen molar-refractivity contribution in [1.29, 1.82) is 0 Å². The zero-order valence-electron chi connectivity index (χ0n) is 13.9. The molecule has 0 spiro atoms. The van der Waals surface area contributed by atoms with Gasteiger partial charge in [0, 0.05) is 5.56 Å². The normalized spacial score (nSPS) is 16.0. The molecule has 0 bridgehead atoms. The molecule has 25 heavy (non-hydrogen) atoms. The molecule has 0 unspecified atom stereocenters. The van der Waals surface area contributed by atoms with Gasteiger partial charge in [-0.15, -0.1) is 0 Å². The lowest BCUT2D eigenvalue weighted by Crippen LogP contribution is -2.27. The molecule has 2 heterocycles. The number of nitrogens with zero attached hydrogens (tertiary/aromatic N) is 1. The summed E-state index contributed by atoms with van der Waals surface area (Å²) in [6.45, 7) is 3.14. The van der Waals surface area contributed by atoms with E-state index in [9.17, 15) is 4.79 Å². The Balaban J connectivity index is 1.78. The summed E-state index contributed by atoms with van der Waals surface area (Å²) in [5.41, 5.74) is 0.886. The third kappa shape index (κ3) is 4.32. The third-order valence-electron chi connectivity index (χ3n) is 3.73. The van der Waals surface area contributed by atoms with Crippen LogP contribution >= 0.6 is 24.0 Å². The highest BCUT2D eigenvalue weighted by molar-refractivity contribution is 8.26. The first-order valence-electron chi connectivity index (χ1n) is 8.18. The van der Waals surface area contributed by atoms with E-state index in [2.05, 4.69) is 6.92 Å². The summed E-state index contributed by atoms with van der Waals surface area (Å²) in [6.07, 6.45) is 5.52. The van der Waals surface area contributed by atoms with Crippen molar-refractivity contribution in [1.82, 2.24) is 4.90 Å². The maximum atomic E-state index is 12.7. The van der Waals surface area contributed by atoms with Gasteiger partial charge in [0.25, 0.3) is 5.91 Å². The smallest absolute Gasteiger partial charge is 0.266 e. The molecule has 3 rings (SSSR count). The number of hydrogen-bond donors (Lipinski definition) is 0. The van der Waals surface area contributed by atoms with Crippen molar-refractivity contribution in [3.63, 3.8) is 0 Å². The third-order valence-corrected chi connectivity index (χ3v) is 5.11. The lowest BCUT2D eigenvalue weighted by atomic mass is 10.2. The Kier molecular flexibility index (Phi) is 5.94. The van der Waals surface area contributed by atoms with Crippen LogP contribution in [0.4, 0.5) is 0 Å². The van der Waals surface area contributed by atoms with Crippen LogP contribution in [0.3, 0.4) is 0 Å². The molecule has 4 nitrogen and oxygen atoms in total. The topological polar surface area (TPSA) is 42.7 Å². The fourth-order valence-corrected chi connectivity index (χ4v) is 3.64. The summed E-state index contributed by atoms with van der Waals surface area (Å²) in [6, 6.07) is 11.4. The van der Waals surface area contributed by atoms with Crippen LogP contribution in [0.2, 0.25) is 0 Å². The number of para-hydroxylation sites is 1. The molecule has 1 aromatic carbocycles.